The number of nitrogens with two attached hydrogens (primary N) is 1. The molecule has 0 aromatic carbocycles. The molecule has 1 saturated carbocycles. The van der Waals surface area contributed by atoms with Crippen LogP contribution in [-0.4, -0.2) is 23.5 Å². The molecule has 0 unspecified atom stereocenters. The van der Waals surface area contributed by atoms with Gasteiger partial charge in [-0.15, -0.1) is 23.1 Å². The summed E-state index contributed by atoms with van der Waals surface area (Å²) in [6.45, 7) is 0. The molecule has 0 aliphatic heterocycles. The highest BCUT2D eigenvalue weighted by atomic mass is 32.2. The van der Waals surface area contributed by atoms with E-state index in [2.05, 4.69) is 11.4 Å². The van der Waals surface area contributed by atoms with Crippen molar-refractivity contribution in [2.45, 2.75) is 42.7 Å². The third-order valence-electron chi connectivity index (χ3n) is 3.24. The van der Waals surface area contributed by atoms with Gasteiger partial charge < -0.3 is 16.2 Å². The first-order valence-electron chi connectivity index (χ1n) is 5.96. The van der Waals surface area contributed by atoms with Crippen molar-refractivity contribution < 1.29 is 5.11 Å². The number of nitrogens with one attached hydrogen (secondary N) is 1. The molecular formula is C12H17N3OS2. The van der Waals surface area contributed by atoms with E-state index in [1.165, 1.54) is 11.3 Å². The number of aliphatic hydroxyl groups excluding tert-OH is 1. The van der Waals surface area contributed by atoms with Gasteiger partial charge >= 0.3 is 0 Å². The maximum Gasteiger partial charge on any atom is 0.131 e. The Hall–Kier alpha value is -0.900. The molecular weight excluding hydrogens is 266 g/mol. The Bertz CT molecular complexity index is 459. The van der Waals surface area contributed by atoms with Gasteiger partial charge in [-0.3, -0.25) is 0 Å². The third kappa shape index (κ3) is 2.74. The molecule has 1 aliphatic carbocycles. The minimum Gasteiger partial charge on any atom is -0.396 e. The van der Waals surface area contributed by atoms with E-state index in [-0.39, 0.29) is 6.10 Å². The van der Waals surface area contributed by atoms with Crippen molar-refractivity contribution in [3.63, 3.8) is 0 Å². The number of aliphatic hydroxyl groups is 1. The summed E-state index contributed by atoms with van der Waals surface area (Å²) in [5.74, 6) is 0. The Morgan fingerprint density at radius 3 is 2.67 bits per heavy atom. The molecule has 0 atom stereocenters. The molecule has 1 fully saturated rings. The van der Waals surface area contributed by atoms with Gasteiger partial charge in [-0.1, -0.05) is 0 Å². The lowest BCUT2D eigenvalue weighted by atomic mass is 9.93. The van der Waals surface area contributed by atoms with Gasteiger partial charge in [0.05, 0.1) is 16.7 Å². The highest BCUT2D eigenvalue weighted by Crippen LogP contribution is 2.42. The molecule has 1 aliphatic rings. The highest BCUT2D eigenvalue weighted by molar-refractivity contribution is 7.99. The normalized spacial score (nSPS) is 23.6. The lowest BCUT2D eigenvalue weighted by Gasteiger charge is -2.26. The molecule has 0 spiro atoms. The molecule has 4 nitrogen and oxygen atoms in total. The summed E-state index contributed by atoms with van der Waals surface area (Å²) in [5, 5.41) is 23.0. The maximum atomic E-state index is 9.49. The van der Waals surface area contributed by atoms with Crippen LogP contribution in [0.15, 0.2) is 4.90 Å². The Morgan fingerprint density at radius 2 is 2.11 bits per heavy atom. The number of hydrogen-bond acceptors (Lipinski definition) is 6. The zero-order chi connectivity index (χ0) is 13.1. The van der Waals surface area contributed by atoms with Crippen molar-refractivity contribution in [3.8, 4) is 6.07 Å². The number of nitrogens with zero attached hydrogens (tertiary/aromatic N) is 1. The molecule has 1 aromatic heterocycles. The fourth-order valence-electron chi connectivity index (χ4n) is 2.22. The predicted octanol–water partition coefficient (Wildman–Crippen LogP) is 2.64. The van der Waals surface area contributed by atoms with Gasteiger partial charge in [0.2, 0.25) is 0 Å². The largest absolute Gasteiger partial charge is 0.396 e. The molecule has 98 valence electrons. The van der Waals surface area contributed by atoms with E-state index in [4.69, 9.17) is 11.0 Å². The second-order valence-electron chi connectivity index (χ2n) is 4.47. The Balaban J connectivity index is 2.12. The van der Waals surface area contributed by atoms with Crippen molar-refractivity contribution in [2.24, 2.45) is 0 Å². The van der Waals surface area contributed by atoms with Gasteiger partial charge in [0.1, 0.15) is 15.9 Å². The summed E-state index contributed by atoms with van der Waals surface area (Å²) in [4.78, 5) is 1.56. The molecule has 6 heteroatoms. The number of hydrogen-bond donors (Lipinski definition) is 3. The van der Waals surface area contributed by atoms with Crippen LogP contribution in [-0.2, 0) is 0 Å². The number of nitrogen functional groups attached to an aromatic ring is 1. The van der Waals surface area contributed by atoms with Crippen molar-refractivity contribution in [3.05, 3.63) is 4.88 Å². The molecule has 0 bridgehead atoms. The summed E-state index contributed by atoms with van der Waals surface area (Å²) in [6.07, 6.45) is 5.45. The second kappa shape index (κ2) is 5.83. The predicted molar refractivity (Wildman–Crippen MR) is 77.1 cm³/mol. The van der Waals surface area contributed by atoms with Crippen LogP contribution >= 0.6 is 23.1 Å². The minimum atomic E-state index is -0.147. The van der Waals surface area contributed by atoms with E-state index >= 15 is 0 Å². The van der Waals surface area contributed by atoms with E-state index in [1.54, 1.807) is 11.8 Å². The Labute approximate surface area is 115 Å². The van der Waals surface area contributed by atoms with Crippen LogP contribution in [0.4, 0.5) is 10.7 Å². The van der Waals surface area contributed by atoms with Gasteiger partial charge in [0, 0.05) is 6.04 Å². The van der Waals surface area contributed by atoms with Crippen LogP contribution in [0.3, 0.4) is 0 Å². The second-order valence-corrected chi connectivity index (χ2v) is 6.31. The lowest BCUT2D eigenvalue weighted by Crippen LogP contribution is -2.28. The van der Waals surface area contributed by atoms with Gasteiger partial charge in [0.25, 0.3) is 0 Å². The smallest absolute Gasteiger partial charge is 0.131 e. The van der Waals surface area contributed by atoms with Crippen LogP contribution in [0, 0.1) is 11.3 Å². The van der Waals surface area contributed by atoms with Crippen LogP contribution in [0.5, 0.6) is 0 Å². The van der Waals surface area contributed by atoms with E-state index in [0.717, 1.165) is 35.6 Å². The fourth-order valence-corrected chi connectivity index (χ4v) is 4.11. The first-order chi connectivity index (χ1) is 8.65. The van der Waals surface area contributed by atoms with E-state index in [0.29, 0.717) is 16.6 Å². The summed E-state index contributed by atoms with van der Waals surface area (Å²) in [5.41, 5.74) is 6.53. The lowest BCUT2D eigenvalue weighted by molar-refractivity contribution is 0.126. The first kappa shape index (κ1) is 13.5. The van der Waals surface area contributed by atoms with Crippen molar-refractivity contribution in [1.29, 1.82) is 5.26 Å². The molecule has 0 radical (unpaired) electrons. The van der Waals surface area contributed by atoms with Crippen molar-refractivity contribution in [2.75, 3.05) is 17.3 Å². The first-order valence-corrected chi connectivity index (χ1v) is 8.00. The van der Waals surface area contributed by atoms with Crippen molar-refractivity contribution in [1.82, 2.24) is 0 Å². The molecule has 0 amide bonds. The average Bonchev–Trinajstić information content (AvgIpc) is 2.68. The number of anilines is 2. The zero-order valence-electron chi connectivity index (χ0n) is 10.3. The minimum absolute atomic E-state index is 0.147. The molecule has 1 heterocycles. The number of rotatable bonds is 3. The van der Waals surface area contributed by atoms with E-state index in [9.17, 15) is 5.11 Å². The van der Waals surface area contributed by atoms with Gasteiger partial charge in [-0.25, -0.2) is 0 Å². The van der Waals surface area contributed by atoms with Crippen molar-refractivity contribution >= 4 is 33.8 Å². The zero-order valence-corrected chi connectivity index (χ0v) is 11.9. The Morgan fingerprint density at radius 1 is 1.44 bits per heavy atom. The maximum absolute atomic E-state index is 9.49. The average molecular weight is 283 g/mol. The fraction of sp³-hybridized carbons (Fsp3) is 0.583. The third-order valence-corrected chi connectivity index (χ3v) is 5.24. The highest BCUT2D eigenvalue weighted by Gasteiger charge is 2.22. The van der Waals surface area contributed by atoms with Gasteiger partial charge in [-0.05, 0) is 31.9 Å². The van der Waals surface area contributed by atoms with Gasteiger partial charge in [0.15, 0.2) is 0 Å². The summed E-state index contributed by atoms with van der Waals surface area (Å²) >= 11 is 2.99. The topological polar surface area (TPSA) is 82.1 Å². The van der Waals surface area contributed by atoms with Gasteiger partial charge in [-0.2, -0.15) is 5.26 Å². The standard InChI is InChI=1S/C12H17N3OS2/c1-17-11-10(14)9(6-13)18-12(11)15-7-2-4-8(16)5-3-7/h7-8,15-16H,2-5,14H2,1H3. The molecule has 2 rings (SSSR count). The molecule has 18 heavy (non-hydrogen) atoms. The number of nitriles is 1. The monoisotopic (exact) mass is 283 g/mol. The quantitative estimate of drug-likeness (QED) is 0.743. The molecule has 1 aromatic rings. The van der Waals surface area contributed by atoms with Crippen LogP contribution in [0.2, 0.25) is 0 Å². The van der Waals surface area contributed by atoms with Crippen LogP contribution in [0.1, 0.15) is 30.6 Å². The number of thiophene rings is 1. The van der Waals surface area contributed by atoms with Crippen LogP contribution in [0.25, 0.3) is 0 Å². The van der Waals surface area contributed by atoms with Crippen LogP contribution < -0.4 is 11.1 Å². The SMILES string of the molecule is CSc1c(NC2CCC(O)CC2)sc(C#N)c1N. The summed E-state index contributed by atoms with van der Waals surface area (Å²) < 4.78 is 0. The van der Waals surface area contributed by atoms with E-state index in [1.807, 2.05) is 6.26 Å². The Kier molecular flexibility index (Phi) is 4.38. The molecule has 0 saturated heterocycles. The number of thioether (sulfide) groups is 1. The summed E-state index contributed by atoms with van der Waals surface area (Å²) in [7, 11) is 0. The summed E-state index contributed by atoms with van der Waals surface area (Å²) in [6, 6.07) is 2.51. The molecule has 4 N–H and O–H groups in total. The van der Waals surface area contributed by atoms with E-state index < -0.39 is 0 Å².